The number of nitrogens with one attached hydrogen (secondary N) is 1. The fraction of sp³-hybridized carbons (Fsp3) is 0.667. The minimum Gasteiger partial charge on any atom is -0.376 e. The van der Waals surface area contributed by atoms with Gasteiger partial charge in [0.15, 0.2) is 5.78 Å². The summed E-state index contributed by atoms with van der Waals surface area (Å²) in [4.78, 5) is 21.0. The van der Waals surface area contributed by atoms with E-state index in [-0.39, 0.29) is 11.9 Å². The number of nitrogens with zero attached hydrogens (tertiary/aromatic N) is 2. The Bertz CT molecular complexity index is 524. The lowest BCUT2D eigenvalue weighted by Crippen LogP contribution is -2.24. The van der Waals surface area contributed by atoms with E-state index >= 15 is 0 Å². The molecule has 0 bridgehead atoms. The van der Waals surface area contributed by atoms with Crippen LogP contribution in [0.1, 0.15) is 47.9 Å². The summed E-state index contributed by atoms with van der Waals surface area (Å²) in [5.74, 6) is 1.18. The Labute approximate surface area is 119 Å². The quantitative estimate of drug-likeness (QED) is 0.915. The van der Waals surface area contributed by atoms with Crippen molar-refractivity contribution in [1.29, 1.82) is 0 Å². The molecule has 3 rings (SSSR count). The first kappa shape index (κ1) is 13.5. The molecule has 1 fully saturated rings. The highest BCUT2D eigenvalue weighted by molar-refractivity contribution is 5.99. The van der Waals surface area contributed by atoms with E-state index in [1.165, 1.54) is 0 Å². The molecule has 1 saturated heterocycles. The molecule has 2 atom stereocenters. The first-order valence-corrected chi connectivity index (χ1v) is 7.39. The molecule has 0 radical (unpaired) electrons. The van der Waals surface area contributed by atoms with Crippen LogP contribution in [0.5, 0.6) is 0 Å². The molecule has 1 aromatic heterocycles. The van der Waals surface area contributed by atoms with Crippen LogP contribution in [0.15, 0.2) is 0 Å². The zero-order valence-electron chi connectivity index (χ0n) is 12.1. The van der Waals surface area contributed by atoms with E-state index in [1.807, 2.05) is 6.92 Å². The van der Waals surface area contributed by atoms with Crippen LogP contribution in [-0.4, -0.2) is 35.0 Å². The van der Waals surface area contributed by atoms with Crippen molar-refractivity contribution < 1.29 is 9.53 Å². The molecule has 0 amide bonds. The van der Waals surface area contributed by atoms with Gasteiger partial charge in [-0.2, -0.15) is 0 Å². The molecule has 0 saturated carbocycles. The number of ether oxygens (including phenoxy) is 1. The van der Waals surface area contributed by atoms with Gasteiger partial charge in [0.2, 0.25) is 5.95 Å². The van der Waals surface area contributed by atoms with Crippen LogP contribution < -0.4 is 5.32 Å². The second-order valence-corrected chi connectivity index (χ2v) is 5.91. The zero-order valence-corrected chi connectivity index (χ0v) is 12.1. The van der Waals surface area contributed by atoms with E-state index in [4.69, 9.17) is 4.74 Å². The summed E-state index contributed by atoms with van der Waals surface area (Å²) in [7, 11) is 0. The van der Waals surface area contributed by atoms with Crippen molar-refractivity contribution in [2.24, 2.45) is 5.92 Å². The SMILES string of the molecule is Cc1nc(NC[C@H]2CCCO2)nc2c1C(=O)C[C@@H](C)C2. The Balaban J connectivity index is 1.77. The molecule has 0 spiro atoms. The van der Waals surface area contributed by atoms with Crippen LogP contribution in [0.25, 0.3) is 0 Å². The number of carbonyl (C=O) groups is 1. The van der Waals surface area contributed by atoms with Crippen LogP contribution in [0.4, 0.5) is 5.95 Å². The molecule has 5 nitrogen and oxygen atoms in total. The normalized spacial score (nSPS) is 25.6. The molecule has 2 heterocycles. The summed E-state index contributed by atoms with van der Waals surface area (Å²) < 4.78 is 5.58. The van der Waals surface area contributed by atoms with Gasteiger partial charge in [0.25, 0.3) is 0 Å². The van der Waals surface area contributed by atoms with Gasteiger partial charge in [-0.25, -0.2) is 9.97 Å². The van der Waals surface area contributed by atoms with Gasteiger partial charge < -0.3 is 10.1 Å². The van der Waals surface area contributed by atoms with Gasteiger partial charge in [-0.05, 0) is 32.1 Å². The van der Waals surface area contributed by atoms with Crippen molar-refractivity contribution >= 4 is 11.7 Å². The summed E-state index contributed by atoms with van der Waals surface area (Å²) in [5, 5.41) is 3.25. The fourth-order valence-electron chi connectivity index (χ4n) is 3.05. The number of aryl methyl sites for hydroxylation is 1. The van der Waals surface area contributed by atoms with Gasteiger partial charge in [-0.3, -0.25) is 4.79 Å². The average molecular weight is 275 g/mol. The Hall–Kier alpha value is -1.49. The van der Waals surface area contributed by atoms with Crippen molar-refractivity contribution in [2.45, 2.75) is 45.6 Å². The number of carbonyl (C=O) groups excluding carboxylic acids is 1. The van der Waals surface area contributed by atoms with Crippen molar-refractivity contribution in [3.8, 4) is 0 Å². The van der Waals surface area contributed by atoms with Crippen molar-refractivity contribution in [3.63, 3.8) is 0 Å². The Morgan fingerprint density at radius 2 is 2.20 bits per heavy atom. The predicted molar refractivity (Wildman–Crippen MR) is 76.0 cm³/mol. The first-order valence-electron chi connectivity index (χ1n) is 7.39. The number of anilines is 1. The van der Waals surface area contributed by atoms with Gasteiger partial charge in [0.1, 0.15) is 0 Å². The Morgan fingerprint density at radius 1 is 1.35 bits per heavy atom. The first-order chi connectivity index (χ1) is 9.63. The number of hydrogen-bond donors (Lipinski definition) is 1. The maximum atomic E-state index is 12.1. The standard InChI is InChI=1S/C15H21N3O2/c1-9-6-12-14(13(19)7-9)10(2)17-15(18-12)16-8-11-4-3-5-20-11/h9,11H,3-8H2,1-2H3,(H,16,17,18)/t9-,11+/m0/s1. The number of fused-ring (bicyclic) bond motifs is 1. The average Bonchev–Trinajstić information content (AvgIpc) is 2.88. The molecule has 108 valence electrons. The number of hydrogen-bond acceptors (Lipinski definition) is 5. The van der Waals surface area contributed by atoms with E-state index in [9.17, 15) is 4.79 Å². The van der Waals surface area contributed by atoms with E-state index < -0.39 is 0 Å². The van der Waals surface area contributed by atoms with Crippen LogP contribution in [0, 0.1) is 12.8 Å². The largest absolute Gasteiger partial charge is 0.376 e. The van der Waals surface area contributed by atoms with E-state index in [1.54, 1.807) is 0 Å². The summed E-state index contributed by atoms with van der Waals surface area (Å²) >= 11 is 0. The highest BCUT2D eigenvalue weighted by Crippen LogP contribution is 2.26. The number of aromatic nitrogens is 2. The fourth-order valence-corrected chi connectivity index (χ4v) is 3.05. The minimum atomic E-state index is 0.182. The van der Waals surface area contributed by atoms with Crippen molar-refractivity contribution in [2.75, 3.05) is 18.5 Å². The summed E-state index contributed by atoms with van der Waals surface area (Å²) in [6.45, 7) is 5.58. The van der Waals surface area contributed by atoms with Gasteiger partial charge in [-0.1, -0.05) is 6.92 Å². The molecule has 20 heavy (non-hydrogen) atoms. The van der Waals surface area contributed by atoms with Crippen LogP contribution in [0.2, 0.25) is 0 Å². The Kier molecular flexibility index (Phi) is 3.70. The smallest absolute Gasteiger partial charge is 0.223 e. The van der Waals surface area contributed by atoms with E-state index in [0.717, 1.165) is 49.4 Å². The number of Topliss-reactive ketones (excluding diaryl/α,β-unsaturated/α-hetero) is 1. The third-order valence-electron chi connectivity index (χ3n) is 4.03. The molecule has 1 aliphatic carbocycles. The molecule has 1 aliphatic heterocycles. The molecule has 0 unspecified atom stereocenters. The molecule has 1 aromatic rings. The number of ketones is 1. The topological polar surface area (TPSA) is 64.1 Å². The third-order valence-corrected chi connectivity index (χ3v) is 4.03. The second-order valence-electron chi connectivity index (χ2n) is 5.91. The summed E-state index contributed by atoms with van der Waals surface area (Å²) in [6, 6.07) is 0. The lowest BCUT2D eigenvalue weighted by atomic mass is 9.86. The lowest BCUT2D eigenvalue weighted by Gasteiger charge is -2.21. The highest BCUT2D eigenvalue weighted by Gasteiger charge is 2.26. The zero-order chi connectivity index (χ0) is 14.1. The third kappa shape index (κ3) is 2.68. The summed E-state index contributed by atoms with van der Waals surface area (Å²) in [6.07, 6.45) is 3.95. The molecule has 1 N–H and O–H groups in total. The van der Waals surface area contributed by atoms with Crippen molar-refractivity contribution in [3.05, 3.63) is 17.0 Å². The number of rotatable bonds is 3. The maximum absolute atomic E-state index is 12.1. The summed E-state index contributed by atoms with van der Waals surface area (Å²) in [5.41, 5.74) is 2.43. The predicted octanol–water partition coefficient (Wildman–Crippen LogP) is 2.14. The van der Waals surface area contributed by atoms with Gasteiger partial charge in [-0.15, -0.1) is 0 Å². The monoisotopic (exact) mass is 275 g/mol. The van der Waals surface area contributed by atoms with Crippen LogP contribution >= 0.6 is 0 Å². The van der Waals surface area contributed by atoms with Gasteiger partial charge >= 0.3 is 0 Å². The molecular formula is C15H21N3O2. The van der Waals surface area contributed by atoms with E-state index in [0.29, 0.717) is 18.3 Å². The molecular weight excluding hydrogens is 254 g/mol. The lowest BCUT2D eigenvalue weighted by molar-refractivity contribution is 0.0950. The maximum Gasteiger partial charge on any atom is 0.223 e. The second kappa shape index (κ2) is 5.48. The van der Waals surface area contributed by atoms with Crippen molar-refractivity contribution in [1.82, 2.24) is 9.97 Å². The molecule has 2 aliphatic rings. The van der Waals surface area contributed by atoms with E-state index in [2.05, 4.69) is 22.2 Å². The minimum absolute atomic E-state index is 0.182. The van der Waals surface area contributed by atoms with Crippen LogP contribution in [0.3, 0.4) is 0 Å². The van der Waals surface area contributed by atoms with Gasteiger partial charge in [0, 0.05) is 19.6 Å². The van der Waals surface area contributed by atoms with Crippen LogP contribution in [-0.2, 0) is 11.2 Å². The molecule has 5 heteroatoms. The Morgan fingerprint density at radius 3 is 2.95 bits per heavy atom. The highest BCUT2D eigenvalue weighted by atomic mass is 16.5. The molecule has 0 aromatic carbocycles. The van der Waals surface area contributed by atoms with Gasteiger partial charge in [0.05, 0.1) is 23.1 Å².